The first-order chi connectivity index (χ1) is 13.2. The largest absolute Gasteiger partial charge is 0.450 e. The maximum absolute atomic E-state index is 12.0. The van der Waals surface area contributed by atoms with Gasteiger partial charge < -0.3 is 14.5 Å². The van der Waals surface area contributed by atoms with Gasteiger partial charge in [-0.05, 0) is 30.7 Å². The Morgan fingerprint density at radius 1 is 1.21 bits per heavy atom. The second-order valence-corrected chi connectivity index (χ2v) is 8.44. The first-order valence-electron chi connectivity index (χ1n) is 8.25. The predicted molar refractivity (Wildman–Crippen MR) is 96.3 cm³/mol. The summed E-state index contributed by atoms with van der Waals surface area (Å²) in [6, 6.07) is 7.97. The number of hydrogen-bond donors (Lipinski definition) is 1. The number of nitrogens with zero attached hydrogens (tertiary/aromatic N) is 1. The summed E-state index contributed by atoms with van der Waals surface area (Å²) in [6.07, 6.45) is 0.332. The summed E-state index contributed by atoms with van der Waals surface area (Å²) in [5.41, 5.74) is 0.459. The van der Waals surface area contributed by atoms with E-state index in [1.807, 2.05) is 0 Å². The van der Waals surface area contributed by atoms with Gasteiger partial charge in [-0.25, -0.2) is 13.2 Å². The molecule has 11 heteroatoms. The molecule has 1 aromatic heterocycles. The fourth-order valence-electron chi connectivity index (χ4n) is 2.73. The normalized spacial score (nSPS) is 17.8. The molecule has 1 N–H and O–H groups in total. The Labute approximate surface area is 159 Å². The Kier molecular flexibility index (Phi) is 5.45. The highest BCUT2D eigenvalue weighted by molar-refractivity contribution is 7.91. The molecule has 2 heterocycles. The number of rotatable bonds is 6. The van der Waals surface area contributed by atoms with Crippen LogP contribution in [0.5, 0.6) is 0 Å². The molecule has 148 valence electrons. The zero-order valence-corrected chi connectivity index (χ0v) is 15.3. The van der Waals surface area contributed by atoms with E-state index in [0.29, 0.717) is 17.7 Å². The highest BCUT2D eigenvalue weighted by Gasteiger charge is 2.29. The minimum absolute atomic E-state index is 0.0234. The number of carbonyl (C=O) groups is 2. The topological polar surface area (TPSA) is 146 Å². The lowest BCUT2D eigenvalue weighted by molar-refractivity contribution is -0.384. The van der Waals surface area contributed by atoms with Gasteiger partial charge >= 0.3 is 5.97 Å². The number of nitro groups is 1. The molecule has 0 bridgehead atoms. The number of ether oxygens (including phenoxy) is 1. The second kappa shape index (κ2) is 7.80. The minimum atomic E-state index is -3.12. The first kappa shape index (κ1) is 19.5. The Bertz CT molecular complexity index is 1010. The van der Waals surface area contributed by atoms with Gasteiger partial charge in [0, 0.05) is 23.7 Å². The van der Waals surface area contributed by atoms with Gasteiger partial charge in [-0.15, -0.1) is 0 Å². The van der Waals surface area contributed by atoms with E-state index in [2.05, 4.69) is 5.32 Å². The van der Waals surface area contributed by atoms with Crippen LogP contribution in [0.2, 0.25) is 0 Å². The third-order valence-electron chi connectivity index (χ3n) is 4.10. The molecule has 1 aliphatic rings. The molecular formula is C17H16N2O8S. The van der Waals surface area contributed by atoms with E-state index < -0.39 is 39.3 Å². The number of nitrogens with one attached hydrogen (secondary N) is 1. The fourth-order valence-corrected chi connectivity index (χ4v) is 4.40. The van der Waals surface area contributed by atoms with E-state index in [4.69, 9.17) is 9.15 Å². The molecule has 0 unspecified atom stereocenters. The number of benzene rings is 1. The SMILES string of the molecule is O=C(COC(=O)c1ccc(-c2ccc([N+](=O)[O-])cc2)o1)N[C@@H]1CCS(=O)(=O)C1. The molecule has 10 nitrogen and oxygen atoms in total. The quantitative estimate of drug-likeness (QED) is 0.428. The number of non-ortho nitro benzene ring substituents is 1. The van der Waals surface area contributed by atoms with Crippen LogP contribution in [0.3, 0.4) is 0 Å². The summed E-state index contributed by atoms with van der Waals surface area (Å²) in [5.74, 6) is -1.38. The van der Waals surface area contributed by atoms with E-state index in [-0.39, 0.29) is 23.0 Å². The summed E-state index contributed by atoms with van der Waals surface area (Å²) < 4.78 is 33.0. The predicted octanol–water partition coefficient (Wildman–Crippen LogP) is 1.31. The molecule has 0 spiro atoms. The van der Waals surface area contributed by atoms with Crippen LogP contribution in [0.15, 0.2) is 40.8 Å². The van der Waals surface area contributed by atoms with Crippen molar-refractivity contribution in [3.63, 3.8) is 0 Å². The van der Waals surface area contributed by atoms with Crippen LogP contribution in [0.25, 0.3) is 11.3 Å². The van der Waals surface area contributed by atoms with Crippen molar-refractivity contribution in [3.05, 3.63) is 52.3 Å². The van der Waals surface area contributed by atoms with Crippen molar-refractivity contribution in [2.45, 2.75) is 12.5 Å². The zero-order chi connectivity index (χ0) is 20.3. The minimum Gasteiger partial charge on any atom is -0.450 e. The number of furan rings is 1. The summed E-state index contributed by atoms with van der Waals surface area (Å²) >= 11 is 0. The van der Waals surface area contributed by atoms with Gasteiger partial charge in [-0.1, -0.05) is 0 Å². The number of carbonyl (C=O) groups excluding carboxylic acids is 2. The molecular weight excluding hydrogens is 392 g/mol. The van der Waals surface area contributed by atoms with Crippen LogP contribution in [-0.4, -0.2) is 49.4 Å². The number of hydrogen-bond acceptors (Lipinski definition) is 8. The molecule has 1 fully saturated rings. The molecule has 1 amide bonds. The summed E-state index contributed by atoms with van der Waals surface area (Å²) in [4.78, 5) is 33.9. The Morgan fingerprint density at radius 2 is 1.93 bits per heavy atom. The third-order valence-corrected chi connectivity index (χ3v) is 5.87. The van der Waals surface area contributed by atoms with Gasteiger partial charge in [0.2, 0.25) is 5.76 Å². The molecule has 0 aliphatic carbocycles. The second-order valence-electron chi connectivity index (χ2n) is 6.21. The Balaban J connectivity index is 1.54. The monoisotopic (exact) mass is 408 g/mol. The molecule has 1 saturated heterocycles. The van der Waals surface area contributed by atoms with Crippen LogP contribution >= 0.6 is 0 Å². The molecule has 1 aromatic carbocycles. The van der Waals surface area contributed by atoms with Crippen molar-refractivity contribution in [1.29, 1.82) is 0 Å². The van der Waals surface area contributed by atoms with Gasteiger partial charge in [0.25, 0.3) is 11.6 Å². The van der Waals surface area contributed by atoms with E-state index >= 15 is 0 Å². The lowest BCUT2D eigenvalue weighted by atomic mass is 10.1. The first-order valence-corrected chi connectivity index (χ1v) is 10.1. The number of amides is 1. The highest BCUT2D eigenvalue weighted by atomic mass is 32.2. The molecule has 1 aliphatic heterocycles. The molecule has 1 atom stereocenters. The van der Waals surface area contributed by atoms with E-state index in [1.165, 1.54) is 36.4 Å². The summed E-state index contributed by atoms with van der Waals surface area (Å²) in [5, 5.41) is 13.2. The van der Waals surface area contributed by atoms with Crippen LogP contribution in [0.1, 0.15) is 17.0 Å². The van der Waals surface area contributed by atoms with Crippen molar-refractivity contribution in [3.8, 4) is 11.3 Å². The molecule has 3 rings (SSSR count). The van der Waals surface area contributed by atoms with Gasteiger partial charge in [0.15, 0.2) is 16.4 Å². The number of nitro benzene ring substituents is 1. The Hall–Kier alpha value is -3.21. The lowest BCUT2D eigenvalue weighted by Gasteiger charge is -2.10. The number of sulfone groups is 1. The summed E-state index contributed by atoms with van der Waals surface area (Å²) in [6.45, 7) is -0.567. The van der Waals surface area contributed by atoms with Gasteiger partial charge in [-0.3, -0.25) is 14.9 Å². The molecule has 2 aromatic rings. The van der Waals surface area contributed by atoms with Crippen molar-refractivity contribution < 1.29 is 32.1 Å². The lowest BCUT2D eigenvalue weighted by Crippen LogP contribution is -2.38. The van der Waals surface area contributed by atoms with E-state index in [1.54, 1.807) is 0 Å². The van der Waals surface area contributed by atoms with Crippen molar-refractivity contribution in [1.82, 2.24) is 5.32 Å². The number of esters is 1. The average Bonchev–Trinajstić information content (AvgIpc) is 3.26. The van der Waals surface area contributed by atoms with Crippen LogP contribution in [-0.2, 0) is 19.4 Å². The zero-order valence-electron chi connectivity index (χ0n) is 14.5. The van der Waals surface area contributed by atoms with Gasteiger partial charge in [-0.2, -0.15) is 0 Å². The maximum Gasteiger partial charge on any atom is 0.374 e. The highest BCUT2D eigenvalue weighted by Crippen LogP contribution is 2.24. The molecule has 28 heavy (non-hydrogen) atoms. The van der Waals surface area contributed by atoms with Gasteiger partial charge in [0.1, 0.15) is 5.76 Å². The molecule has 0 radical (unpaired) electrons. The average molecular weight is 408 g/mol. The standard InChI is InChI=1S/C17H16N2O8S/c20-16(18-12-7-8-28(24,25)10-12)9-26-17(21)15-6-5-14(27-15)11-1-3-13(4-2-11)19(22)23/h1-6,12H,7-10H2,(H,18,20)/t12-/m1/s1. The van der Waals surface area contributed by atoms with Crippen LogP contribution in [0.4, 0.5) is 5.69 Å². The third kappa shape index (κ3) is 4.74. The Morgan fingerprint density at radius 3 is 2.54 bits per heavy atom. The van der Waals surface area contributed by atoms with E-state index in [0.717, 1.165) is 0 Å². The summed E-state index contributed by atoms with van der Waals surface area (Å²) in [7, 11) is -3.12. The van der Waals surface area contributed by atoms with Gasteiger partial charge in [0.05, 0.1) is 16.4 Å². The van der Waals surface area contributed by atoms with E-state index in [9.17, 15) is 28.1 Å². The molecule has 0 saturated carbocycles. The van der Waals surface area contributed by atoms with Crippen LogP contribution < -0.4 is 5.32 Å². The van der Waals surface area contributed by atoms with Crippen molar-refractivity contribution >= 4 is 27.4 Å². The van der Waals surface area contributed by atoms with Crippen molar-refractivity contribution in [2.24, 2.45) is 0 Å². The maximum atomic E-state index is 12.0. The fraction of sp³-hybridized carbons (Fsp3) is 0.294. The van der Waals surface area contributed by atoms with Crippen molar-refractivity contribution in [2.75, 3.05) is 18.1 Å². The smallest absolute Gasteiger partial charge is 0.374 e. The van der Waals surface area contributed by atoms with Crippen LogP contribution in [0, 0.1) is 10.1 Å².